The lowest BCUT2D eigenvalue weighted by molar-refractivity contribution is 0.480. The fourth-order valence-electron chi connectivity index (χ4n) is 4.25. The molecule has 1 aromatic rings. The largest absolute Gasteiger partial charge is 0.327 e. The molecule has 2 fully saturated rings. The summed E-state index contributed by atoms with van der Waals surface area (Å²) in [5.41, 5.74) is 8.69. The predicted molar refractivity (Wildman–Crippen MR) is 82.9 cm³/mol. The van der Waals surface area contributed by atoms with Crippen LogP contribution >= 0.6 is 11.6 Å². The van der Waals surface area contributed by atoms with Crippen LogP contribution < -0.4 is 5.73 Å². The van der Waals surface area contributed by atoms with Crippen LogP contribution in [0.3, 0.4) is 0 Å². The predicted octanol–water partition coefficient (Wildman–Crippen LogP) is 3.42. The molecule has 112 valence electrons. The second kappa shape index (κ2) is 5.69. The molecule has 2 N–H and O–H groups in total. The minimum absolute atomic E-state index is 0.257. The van der Waals surface area contributed by atoms with Crippen molar-refractivity contribution in [1.29, 1.82) is 0 Å². The van der Waals surface area contributed by atoms with E-state index in [1.807, 2.05) is 4.68 Å². The molecule has 0 aliphatic heterocycles. The number of rotatable bonds is 5. The van der Waals surface area contributed by atoms with E-state index in [0.717, 1.165) is 53.6 Å². The molecule has 0 saturated heterocycles. The van der Waals surface area contributed by atoms with Crippen molar-refractivity contribution < 1.29 is 0 Å². The van der Waals surface area contributed by atoms with Gasteiger partial charge in [0, 0.05) is 19.0 Å². The van der Waals surface area contributed by atoms with Crippen molar-refractivity contribution in [3.63, 3.8) is 0 Å². The van der Waals surface area contributed by atoms with Crippen LogP contribution in [0.5, 0.6) is 0 Å². The van der Waals surface area contributed by atoms with E-state index in [9.17, 15) is 0 Å². The Kier molecular flexibility index (Phi) is 4.09. The van der Waals surface area contributed by atoms with Crippen molar-refractivity contribution in [1.82, 2.24) is 9.78 Å². The molecular formula is C16H26ClN3. The zero-order chi connectivity index (χ0) is 14.3. The third-order valence-electron chi connectivity index (χ3n) is 5.34. The number of nitrogens with zero attached hydrogens (tertiary/aromatic N) is 2. The van der Waals surface area contributed by atoms with Gasteiger partial charge in [0.05, 0.1) is 16.4 Å². The van der Waals surface area contributed by atoms with Gasteiger partial charge in [-0.15, -0.1) is 0 Å². The summed E-state index contributed by atoms with van der Waals surface area (Å²) < 4.78 is 2.05. The molecule has 0 bridgehead atoms. The summed E-state index contributed by atoms with van der Waals surface area (Å²) in [6, 6.07) is 0.257. The second-order valence-electron chi connectivity index (χ2n) is 6.43. The molecule has 3 rings (SSSR count). The van der Waals surface area contributed by atoms with Crippen LogP contribution in [0.1, 0.15) is 50.9 Å². The Balaban J connectivity index is 1.73. The van der Waals surface area contributed by atoms with Crippen LogP contribution in [0, 0.1) is 17.8 Å². The van der Waals surface area contributed by atoms with E-state index in [4.69, 9.17) is 17.3 Å². The van der Waals surface area contributed by atoms with Crippen LogP contribution in [-0.4, -0.2) is 15.8 Å². The Labute approximate surface area is 126 Å². The van der Waals surface area contributed by atoms with Gasteiger partial charge in [0.15, 0.2) is 0 Å². The van der Waals surface area contributed by atoms with Gasteiger partial charge in [-0.25, -0.2) is 0 Å². The molecule has 20 heavy (non-hydrogen) atoms. The maximum Gasteiger partial charge on any atom is 0.0850 e. The number of aromatic nitrogens is 2. The lowest BCUT2D eigenvalue weighted by Gasteiger charge is -2.13. The zero-order valence-corrected chi connectivity index (χ0v) is 13.4. The van der Waals surface area contributed by atoms with Gasteiger partial charge in [-0.3, -0.25) is 4.68 Å². The first-order valence-corrected chi connectivity index (χ1v) is 8.54. The quantitative estimate of drug-likeness (QED) is 0.904. The van der Waals surface area contributed by atoms with Gasteiger partial charge in [-0.05, 0) is 43.9 Å². The first-order valence-electron chi connectivity index (χ1n) is 8.17. The van der Waals surface area contributed by atoms with E-state index in [2.05, 4.69) is 18.9 Å². The van der Waals surface area contributed by atoms with Gasteiger partial charge in [0.25, 0.3) is 0 Å². The first kappa shape index (κ1) is 14.4. The highest BCUT2D eigenvalue weighted by atomic mass is 35.5. The summed E-state index contributed by atoms with van der Waals surface area (Å²) in [6.07, 6.45) is 7.37. The molecule has 3 atom stereocenters. The third kappa shape index (κ3) is 2.39. The first-order chi connectivity index (χ1) is 9.67. The Hall–Kier alpha value is -0.540. The Morgan fingerprint density at radius 1 is 1.30 bits per heavy atom. The summed E-state index contributed by atoms with van der Waals surface area (Å²) >= 11 is 6.49. The number of nitrogens with two attached hydrogens (primary N) is 1. The number of fused-ring (bicyclic) bond motifs is 1. The molecule has 1 heterocycles. The standard InChI is InChI=1S/C16H26ClN3/c1-3-13-16(17)14(20(4-2)19-13)9-12(18)15-10-7-5-6-8-11(10)15/h10-12,15H,3-9,18H2,1-2H3. The van der Waals surface area contributed by atoms with Crippen molar-refractivity contribution >= 4 is 11.6 Å². The van der Waals surface area contributed by atoms with Crippen LogP contribution in [0.4, 0.5) is 0 Å². The SMILES string of the molecule is CCc1nn(CC)c(CC(N)C2C3CCCCC32)c1Cl. The second-order valence-corrected chi connectivity index (χ2v) is 6.81. The van der Waals surface area contributed by atoms with E-state index in [1.165, 1.54) is 25.7 Å². The molecular weight excluding hydrogens is 270 g/mol. The van der Waals surface area contributed by atoms with E-state index in [-0.39, 0.29) is 6.04 Å². The average Bonchev–Trinajstić information content (AvgIpc) is 3.12. The minimum Gasteiger partial charge on any atom is -0.327 e. The highest BCUT2D eigenvalue weighted by Gasteiger charge is 2.53. The Morgan fingerprint density at radius 3 is 2.50 bits per heavy atom. The topological polar surface area (TPSA) is 43.8 Å². The molecule has 3 unspecified atom stereocenters. The minimum atomic E-state index is 0.257. The number of aryl methyl sites for hydroxylation is 2. The maximum atomic E-state index is 6.51. The third-order valence-corrected chi connectivity index (χ3v) is 5.78. The molecule has 1 aromatic heterocycles. The van der Waals surface area contributed by atoms with Crippen molar-refractivity contribution in [2.75, 3.05) is 0 Å². The van der Waals surface area contributed by atoms with Crippen molar-refractivity contribution in [3.05, 3.63) is 16.4 Å². The molecule has 2 aliphatic carbocycles. The fourth-order valence-corrected chi connectivity index (χ4v) is 4.60. The molecule has 4 heteroatoms. The van der Waals surface area contributed by atoms with Crippen LogP contribution in [-0.2, 0) is 19.4 Å². The van der Waals surface area contributed by atoms with Gasteiger partial charge in [0.2, 0.25) is 0 Å². The molecule has 2 saturated carbocycles. The smallest absolute Gasteiger partial charge is 0.0850 e. The highest BCUT2D eigenvalue weighted by Crippen LogP contribution is 2.57. The Bertz CT molecular complexity index is 470. The lowest BCUT2D eigenvalue weighted by Crippen LogP contribution is -2.28. The fraction of sp³-hybridized carbons (Fsp3) is 0.812. The summed E-state index contributed by atoms with van der Waals surface area (Å²) in [4.78, 5) is 0. The molecule has 0 spiro atoms. The summed E-state index contributed by atoms with van der Waals surface area (Å²) in [6.45, 7) is 5.10. The highest BCUT2D eigenvalue weighted by molar-refractivity contribution is 6.31. The normalized spacial score (nSPS) is 30.1. The molecule has 3 nitrogen and oxygen atoms in total. The molecule has 0 radical (unpaired) electrons. The van der Waals surface area contributed by atoms with E-state index >= 15 is 0 Å². The van der Waals surface area contributed by atoms with Gasteiger partial charge in [-0.2, -0.15) is 5.10 Å². The molecule has 0 amide bonds. The molecule has 2 aliphatic rings. The van der Waals surface area contributed by atoms with E-state index in [1.54, 1.807) is 0 Å². The number of halogens is 1. The van der Waals surface area contributed by atoms with Crippen LogP contribution in [0.15, 0.2) is 0 Å². The summed E-state index contributed by atoms with van der Waals surface area (Å²) in [5, 5.41) is 5.45. The lowest BCUT2D eigenvalue weighted by atomic mass is 10.0. The van der Waals surface area contributed by atoms with Crippen molar-refractivity contribution in [2.45, 2.75) is 65.0 Å². The number of hydrogen-bond acceptors (Lipinski definition) is 2. The average molecular weight is 296 g/mol. The van der Waals surface area contributed by atoms with Crippen LogP contribution in [0.2, 0.25) is 5.02 Å². The monoisotopic (exact) mass is 295 g/mol. The van der Waals surface area contributed by atoms with E-state index in [0.29, 0.717) is 0 Å². The van der Waals surface area contributed by atoms with Gasteiger partial charge < -0.3 is 5.73 Å². The van der Waals surface area contributed by atoms with E-state index < -0.39 is 0 Å². The summed E-state index contributed by atoms with van der Waals surface area (Å²) in [7, 11) is 0. The molecule has 0 aromatic carbocycles. The zero-order valence-electron chi connectivity index (χ0n) is 12.6. The summed E-state index contributed by atoms with van der Waals surface area (Å²) in [5.74, 6) is 2.54. The Morgan fingerprint density at radius 2 is 1.95 bits per heavy atom. The van der Waals surface area contributed by atoms with Gasteiger partial charge >= 0.3 is 0 Å². The van der Waals surface area contributed by atoms with Gasteiger partial charge in [-0.1, -0.05) is 31.4 Å². The van der Waals surface area contributed by atoms with Crippen molar-refractivity contribution in [3.8, 4) is 0 Å². The van der Waals surface area contributed by atoms with Gasteiger partial charge in [0.1, 0.15) is 0 Å². The van der Waals surface area contributed by atoms with Crippen molar-refractivity contribution in [2.24, 2.45) is 23.5 Å². The van der Waals surface area contributed by atoms with Crippen LogP contribution in [0.25, 0.3) is 0 Å². The maximum absolute atomic E-state index is 6.51. The number of hydrogen-bond donors (Lipinski definition) is 1.